The molecule has 1 aromatic rings. The van der Waals surface area contributed by atoms with Crippen LogP contribution in [-0.4, -0.2) is 22.7 Å². The van der Waals surface area contributed by atoms with Crippen LogP contribution in [0.3, 0.4) is 0 Å². The van der Waals surface area contributed by atoms with E-state index in [1.807, 2.05) is 13.0 Å². The number of rotatable bonds is 4. The maximum absolute atomic E-state index is 9.01. The molecular weight excluding hydrogens is 192 g/mol. The number of anilines is 2. The molecule has 1 aromatic heterocycles. The molecule has 0 radical (unpaired) electrons. The van der Waals surface area contributed by atoms with Crippen molar-refractivity contribution < 1.29 is 5.11 Å². The highest BCUT2D eigenvalue weighted by molar-refractivity contribution is 5.69. The highest BCUT2D eigenvalue weighted by Gasteiger charge is 2.09. The van der Waals surface area contributed by atoms with Crippen LogP contribution in [-0.2, 0) is 0 Å². The lowest BCUT2D eigenvalue weighted by Crippen LogP contribution is -2.24. The molecule has 1 unspecified atom stereocenters. The lowest BCUT2D eigenvalue weighted by molar-refractivity contribution is 0.271. The fourth-order valence-corrected chi connectivity index (χ4v) is 1.16. The third-order valence-electron chi connectivity index (χ3n) is 2.16. The van der Waals surface area contributed by atoms with Crippen LogP contribution in [0.25, 0.3) is 0 Å². The van der Waals surface area contributed by atoms with E-state index in [4.69, 9.17) is 16.1 Å². The van der Waals surface area contributed by atoms with Gasteiger partial charge >= 0.3 is 0 Å². The molecule has 0 amide bonds. The standard InChI is InChI=1S/C10H14N4O/c1-2-8(6-15)14-10-9(12)7(5-11)3-4-13-10/h3-4,8,15H,2,6,12H2,1H3,(H,13,14). The Hall–Kier alpha value is -1.80. The summed E-state index contributed by atoms with van der Waals surface area (Å²) in [4.78, 5) is 4.02. The molecule has 1 heterocycles. The molecule has 0 aliphatic rings. The van der Waals surface area contributed by atoms with Gasteiger partial charge in [0.15, 0.2) is 5.82 Å². The van der Waals surface area contributed by atoms with Gasteiger partial charge in [0.1, 0.15) is 6.07 Å². The Bertz CT molecular complexity index is 368. The van der Waals surface area contributed by atoms with E-state index in [9.17, 15) is 0 Å². The molecule has 80 valence electrons. The second-order valence-electron chi connectivity index (χ2n) is 3.16. The molecule has 0 aliphatic heterocycles. The van der Waals surface area contributed by atoms with Gasteiger partial charge in [0.2, 0.25) is 0 Å². The lowest BCUT2D eigenvalue weighted by atomic mass is 10.2. The van der Waals surface area contributed by atoms with Crippen molar-refractivity contribution in [2.45, 2.75) is 19.4 Å². The third kappa shape index (κ3) is 2.58. The van der Waals surface area contributed by atoms with Crippen LogP contribution < -0.4 is 11.1 Å². The van der Waals surface area contributed by atoms with Gasteiger partial charge < -0.3 is 16.2 Å². The summed E-state index contributed by atoms with van der Waals surface area (Å²) in [6, 6.07) is 3.44. The molecule has 0 aliphatic carbocycles. The lowest BCUT2D eigenvalue weighted by Gasteiger charge is -2.16. The van der Waals surface area contributed by atoms with Crippen molar-refractivity contribution in [3.05, 3.63) is 17.8 Å². The number of aromatic nitrogens is 1. The predicted molar refractivity (Wildman–Crippen MR) is 58.2 cm³/mol. The molecule has 0 saturated carbocycles. The van der Waals surface area contributed by atoms with E-state index in [-0.39, 0.29) is 12.6 Å². The fourth-order valence-electron chi connectivity index (χ4n) is 1.16. The van der Waals surface area contributed by atoms with Crippen LogP contribution in [0.5, 0.6) is 0 Å². The van der Waals surface area contributed by atoms with Crippen molar-refractivity contribution in [1.29, 1.82) is 5.26 Å². The first-order chi connectivity index (χ1) is 7.22. The Morgan fingerprint density at radius 3 is 3.00 bits per heavy atom. The van der Waals surface area contributed by atoms with Crippen molar-refractivity contribution in [2.75, 3.05) is 17.7 Å². The number of nitriles is 1. The number of hydrogen-bond donors (Lipinski definition) is 3. The second-order valence-corrected chi connectivity index (χ2v) is 3.16. The Labute approximate surface area is 88.6 Å². The van der Waals surface area contributed by atoms with E-state index in [1.165, 1.54) is 6.20 Å². The molecule has 5 nitrogen and oxygen atoms in total. The first kappa shape index (κ1) is 11.3. The summed E-state index contributed by atoms with van der Waals surface area (Å²) >= 11 is 0. The van der Waals surface area contributed by atoms with E-state index < -0.39 is 0 Å². The Morgan fingerprint density at radius 2 is 2.47 bits per heavy atom. The average Bonchev–Trinajstić information content (AvgIpc) is 2.28. The van der Waals surface area contributed by atoms with Gasteiger partial charge in [-0.05, 0) is 12.5 Å². The first-order valence-electron chi connectivity index (χ1n) is 4.74. The van der Waals surface area contributed by atoms with Crippen molar-refractivity contribution in [1.82, 2.24) is 4.98 Å². The number of pyridine rings is 1. The highest BCUT2D eigenvalue weighted by Crippen LogP contribution is 2.19. The molecule has 1 atom stereocenters. The SMILES string of the molecule is CCC(CO)Nc1nccc(C#N)c1N. The van der Waals surface area contributed by atoms with E-state index >= 15 is 0 Å². The van der Waals surface area contributed by atoms with E-state index in [0.717, 1.165) is 6.42 Å². The molecule has 0 aromatic carbocycles. The Balaban J connectivity index is 2.91. The number of nitrogens with zero attached hydrogens (tertiary/aromatic N) is 2. The minimum atomic E-state index is -0.0891. The van der Waals surface area contributed by atoms with Gasteiger partial charge in [0, 0.05) is 6.20 Å². The third-order valence-corrected chi connectivity index (χ3v) is 2.16. The van der Waals surface area contributed by atoms with E-state index in [1.54, 1.807) is 6.07 Å². The molecule has 4 N–H and O–H groups in total. The maximum Gasteiger partial charge on any atom is 0.150 e. The van der Waals surface area contributed by atoms with Gasteiger partial charge in [0.25, 0.3) is 0 Å². The summed E-state index contributed by atoms with van der Waals surface area (Å²) in [5.74, 6) is 0.454. The van der Waals surface area contributed by atoms with Crippen molar-refractivity contribution >= 4 is 11.5 Å². The fraction of sp³-hybridized carbons (Fsp3) is 0.400. The van der Waals surface area contributed by atoms with Gasteiger partial charge in [-0.3, -0.25) is 0 Å². The number of aliphatic hydroxyl groups excluding tert-OH is 1. The maximum atomic E-state index is 9.01. The molecule has 15 heavy (non-hydrogen) atoms. The quantitative estimate of drug-likeness (QED) is 0.674. The van der Waals surface area contributed by atoms with Crippen LogP contribution in [0.1, 0.15) is 18.9 Å². The molecule has 0 saturated heterocycles. The second kappa shape index (κ2) is 5.17. The number of nitrogens with one attached hydrogen (secondary N) is 1. The Morgan fingerprint density at radius 1 is 1.73 bits per heavy atom. The summed E-state index contributed by atoms with van der Waals surface area (Å²) in [7, 11) is 0. The van der Waals surface area contributed by atoms with Crippen molar-refractivity contribution in [3.63, 3.8) is 0 Å². The summed E-state index contributed by atoms with van der Waals surface area (Å²) in [6.45, 7) is 1.95. The monoisotopic (exact) mass is 206 g/mol. The number of aliphatic hydroxyl groups is 1. The van der Waals surface area contributed by atoms with Gasteiger partial charge in [-0.25, -0.2) is 4.98 Å². The zero-order valence-electron chi connectivity index (χ0n) is 8.57. The smallest absolute Gasteiger partial charge is 0.150 e. The normalized spacial score (nSPS) is 11.8. The van der Waals surface area contributed by atoms with Crippen LogP contribution in [0.2, 0.25) is 0 Å². The summed E-state index contributed by atoms with van der Waals surface area (Å²) in [6.07, 6.45) is 2.27. The predicted octanol–water partition coefficient (Wildman–Crippen LogP) is 0.718. The van der Waals surface area contributed by atoms with Crippen molar-refractivity contribution in [2.24, 2.45) is 0 Å². The average molecular weight is 206 g/mol. The number of nitrogens with two attached hydrogens (primary N) is 1. The zero-order chi connectivity index (χ0) is 11.3. The zero-order valence-corrected chi connectivity index (χ0v) is 8.57. The van der Waals surface area contributed by atoms with Gasteiger partial charge in [-0.1, -0.05) is 6.92 Å². The number of nitrogen functional groups attached to an aromatic ring is 1. The van der Waals surface area contributed by atoms with Crippen LogP contribution in [0, 0.1) is 11.3 Å². The van der Waals surface area contributed by atoms with E-state index in [2.05, 4.69) is 10.3 Å². The summed E-state index contributed by atoms with van der Waals surface area (Å²) < 4.78 is 0. The van der Waals surface area contributed by atoms with Crippen LogP contribution >= 0.6 is 0 Å². The largest absolute Gasteiger partial charge is 0.395 e. The number of hydrogen-bond acceptors (Lipinski definition) is 5. The Kier molecular flexibility index (Phi) is 3.89. The molecule has 1 rings (SSSR count). The minimum Gasteiger partial charge on any atom is -0.395 e. The topological polar surface area (TPSA) is 95.0 Å². The van der Waals surface area contributed by atoms with Gasteiger partial charge in [0.05, 0.1) is 23.9 Å². The molecular formula is C10H14N4O. The molecule has 5 heteroatoms. The summed E-state index contributed by atoms with van der Waals surface area (Å²) in [5.41, 5.74) is 6.44. The van der Waals surface area contributed by atoms with Gasteiger partial charge in [-0.2, -0.15) is 5.26 Å². The molecule has 0 fully saturated rings. The highest BCUT2D eigenvalue weighted by atomic mass is 16.3. The summed E-state index contributed by atoms with van der Waals surface area (Å²) in [5, 5.41) is 20.7. The van der Waals surface area contributed by atoms with Crippen LogP contribution in [0.4, 0.5) is 11.5 Å². The molecule has 0 spiro atoms. The van der Waals surface area contributed by atoms with E-state index in [0.29, 0.717) is 17.1 Å². The first-order valence-corrected chi connectivity index (χ1v) is 4.74. The molecule has 0 bridgehead atoms. The van der Waals surface area contributed by atoms with Crippen LogP contribution in [0.15, 0.2) is 12.3 Å². The van der Waals surface area contributed by atoms with Gasteiger partial charge in [-0.15, -0.1) is 0 Å². The minimum absolute atomic E-state index is 0.00833. The van der Waals surface area contributed by atoms with Crippen molar-refractivity contribution in [3.8, 4) is 6.07 Å².